The normalized spacial score (nSPS) is 16.4. The Bertz CT molecular complexity index is 981. The molecular weight excluding hydrogens is 378 g/mol. The van der Waals surface area contributed by atoms with Crippen molar-refractivity contribution in [3.8, 4) is 0 Å². The minimum Gasteiger partial charge on any atom is -0.372 e. The predicted molar refractivity (Wildman–Crippen MR) is 112 cm³/mol. The van der Waals surface area contributed by atoms with Gasteiger partial charge in [-0.3, -0.25) is 4.79 Å². The van der Waals surface area contributed by atoms with E-state index in [2.05, 4.69) is 15.0 Å². The van der Waals surface area contributed by atoms with Gasteiger partial charge in [-0.05, 0) is 25.3 Å². The molecule has 4 rings (SSSR count). The van der Waals surface area contributed by atoms with Crippen LogP contribution in [0.15, 0.2) is 55.2 Å². The molecule has 1 aliphatic rings. The highest BCUT2D eigenvalue weighted by Crippen LogP contribution is 2.29. The van der Waals surface area contributed by atoms with Crippen molar-refractivity contribution in [2.75, 3.05) is 13.1 Å². The van der Waals surface area contributed by atoms with Crippen LogP contribution in [0.2, 0.25) is 0 Å². The third-order valence-electron chi connectivity index (χ3n) is 5.29. The predicted octanol–water partition coefficient (Wildman–Crippen LogP) is 3.31. The summed E-state index contributed by atoms with van der Waals surface area (Å²) >= 11 is 0. The van der Waals surface area contributed by atoms with Crippen molar-refractivity contribution in [1.82, 2.24) is 24.8 Å². The van der Waals surface area contributed by atoms with Crippen LogP contribution in [0, 0.1) is 6.92 Å². The minimum absolute atomic E-state index is 0.0343. The standard InChI is InChI=1S/C23H25N5O2/c1-17-26-12-21(15-30-14-18-6-3-2-4-7-18)22(27-17)19-8-5-9-28(13-19)23(29)20-10-24-16-25-11-20/h2-4,6-7,10-12,16,19H,5,8-9,13-15H2,1H3. The van der Waals surface area contributed by atoms with Crippen LogP contribution >= 0.6 is 0 Å². The number of nitrogens with zero attached hydrogens (tertiary/aromatic N) is 5. The lowest BCUT2D eigenvalue weighted by atomic mass is 9.91. The van der Waals surface area contributed by atoms with Gasteiger partial charge in [0.2, 0.25) is 0 Å². The Labute approximate surface area is 176 Å². The summed E-state index contributed by atoms with van der Waals surface area (Å²) in [5.41, 5.74) is 3.62. The fourth-order valence-electron chi connectivity index (χ4n) is 3.81. The molecule has 0 N–H and O–H groups in total. The van der Waals surface area contributed by atoms with Crippen LogP contribution in [-0.4, -0.2) is 43.8 Å². The van der Waals surface area contributed by atoms with Crippen molar-refractivity contribution < 1.29 is 9.53 Å². The van der Waals surface area contributed by atoms with Crippen LogP contribution in [0.5, 0.6) is 0 Å². The second kappa shape index (κ2) is 9.54. The number of ether oxygens (including phenoxy) is 1. The maximum atomic E-state index is 12.8. The number of rotatable bonds is 6. The van der Waals surface area contributed by atoms with Gasteiger partial charge in [-0.2, -0.15) is 0 Å². The smallest absolute Gasteiger partial charge is 0.257 e. The van der Waals surface area contributed by atoms with Crippen LogP contribution in [-0.2, 0) is 18.0 Å². The Morgan fingerprint density at radius 1 is 1.13 bits per heavy atom. The van der Waals surface area contributed by atoms with Crippen LogP contribution in [0.4, 0.5) is 0 Å². The molecule has 1 saturated heterocycles. The molecule has 1 aliphatic heterocycles. The maximum absolute atomic E-state index is 12.8. The Balaban J connectivity index is 1.47. The topological polar surface area (TPSA) is 81.1 Å². The van der Waals surface area contributed by atoms with Crippen LogP contribution in [0.3, 0.4) is 0 Å². The van der Waals surface area contributed by atoms with E-state index < -0.39 is 0 Å². The van der Waals surface area contributed by atoms with E-state index in [1.54, 1.807) is 12.4 Å². The molecule has 1 unspecified atom stereocenters. The van der Waals surface area contributed by atoms with E-state index >= 15 is 0 Å². The number of likely N-dealkylation sites (tertiary alicyclic amines) is 1. The fourth-order valence-corrected chi connectivity index (χ4v) is 3.81. The maximum Gasteiger partial charge on any atom is 0.257 e. The molecule has 1 aromatic carbocycles. The average Bonchev–Trinajstić information content (AvgIpc) is 2.81. The summed E-state index contributed by atoms with van der Waals surface area (Å²) in [7, 11) is 0. The molecule has 2 aromatic heterocycles. The van der Waals surface area contributed by atoms with E-state index in [-0.39, 0.29) is 11.8 Å². The quantitative estimate of drug-likeness (QED) is 0.628. The molecule has 3 aromatic rings. The molecule has 7 nitrogen and oxygen atoms in total. The summed E-state index contributed by atoms with van der Waals surface area (Å²) in [4.78, 5) is 31.8. The Kier molecular flexibility index (Phi) is 6.39. The van der Waals surface area contributed by atoms with E-state index in [9.17, 15) is 4.79 Å². The monoisotopic (exact) mass is 403 g/mol. The summed E-state index contributed by atoms with van der Waals surface area (Å²) in [5.74, 6) is 0.856. The molecule has 0 saturated carbocycles. The van der Waals surface area contributed by atoms with Gasteiger partial charge in [0.25, 0.3) is 5.91 Å². The van der Waals surface area contributed by atoms with E-state index in [1.807, 2.05) is 48.4 Å². The summed E-state index contributed by atoms with van der Waals surface area (Å²) < 4.78 is 5.94. The van der Waals surface area contributed by atoms with Crippen molar-refractivity contribution in [3.05, 3.63) is 83.5 Å². The molecule has 0 radical (unpaired) electrons. The van der Waals surface area contributed by atoms with Gasteiger partial charge < -0.3 is 9.64 Å². The molecule has 3 heterocycles. The molecule has 154 valence electrons. The van der Waals surface area contributed by atoms with Crippen molar-refractivity contribution in [1.29, 1.82) is 0 Å². The molecule has 1 fully saturated rings. The number of piperidine rings is 1. The van der Waals surface area contributed by atoms with E-state index in [0.29, 0.717) is 25.3 Å². The lowest BCUT2D eigenvalue weighted by Crippen LogP contribution is -2.39. The first-order chi connectivity index (χ1) is 14.7. The van der Waals surface area contributed by atoms with Crippen molar-refractivity contribution in [3.63, 3.8) is 0 Å². The summed E-state index contributed by atoms with van der Waals surface area (Å²) in [6.07, 6.45) is 8.33. The average molecular weight is 403 g/mol. The number of carbonyl (C=O) groups is 1. The number of amides is 1. The van der Waals surface area contributed by atoms with Gasteiger partial charge in [0.1, 0.15) is 12.2 Å². The number of hydrogen-bond donors (Lipinski definition) is 0. The zero-order chi connectivity index (χ0) is 20.8. The fraction of sp³-hybridized carbons (Fsp3) is 0.348. The zero-order valence-electron chi connectivity index (χ0n) is 17.1. The highest BCUT2D eigenvalue weighted by molar-refractivity contribution is 5.93. The summed E-state index contributed by atoms with van der Waals surface area (Å²) in [5, 5.41) is 0. The lowest BCUT2D eigenvalue weighted by molar-refractivity contribution is 0.0702. The Morgan fingerprint density at radius 3 is 2.73 bits per heavy atom. The summed E-state index contributed by atoms with van der Waals surface area (Å²) in [6, 6.07) is 10.1. The van der Waals surface area contributed by atoms with Gasteiger partial charge in [0.15, 0.2) is 0 Å². The number of aryl methyl sites for hydroxylation is 1. The van der Waals surface area contributed by atoms with Gasteiger partial charge >= 0.3 is 0 Å². The second-order valence-electron chi connectivity index (χ2n) is 7.52. The van der Waals surface area contributed by atoms with E-state index in [4.69, 9.17) is 9.72 Å². The first-order valence-electron chi connectivity index (χ1n) is 10.2. The van der Waals surface area contributed by atoms with Gasteiger partial charge in [-0.25, -0.2) is 19.9 Å². The second-order valence-corrected chi connectivity index (χ2v) is 7.52. The molecule has 30 heavy (non-hydrogen) atoms. The molecule has 1 atom stereocenters. The zero-order valence-corrected chi connectivity index (χ0v) is 17.1. The largest absolute Gasteiger partial charge is 0.372 e. The van der Waals surface area contributed by atoms with E-state index in [1.165, 1.54) is 6.33 Å². The van der Waals surface area contributed by atoms with Crippen molar-refractivity contribution in [2.24, 2.45) is 0 Å². The molecule has 1 amide bonds. The van der Waals surface area contributed by atoms with Gasteiger partial charge in [0.05, 0.1) is 24.5 Å². The Hall–Kier alpha value is -3.19. The molecule has 0 spiro atoms. The third-order valence-corrected chi connectivity index (χ3v) is 5.29. The van der Waals surface area contributed by atoms with E-state index in [0.717, 1.165) is 42.0 Å². The van der Waals surface area contributed by atoms with Crippen molar-refractivity contribution >= 4 is 5.91 Å². The number of hydrogen-bond acceptors (Lipinski definition) is 6. The number of aromatic nitrogens is 4. The Morgan fingerprint density at radius 2 is 1.93 bits per heavy atom. The van der Waals surface area contributed by atoms with Crippen molar-refractivity contribution in [2.45, 2.75) is 38.9 Å². The first kappa shape index (κ1) is 20.1. The van der Waals surface area contributed by atoms with Gasteiger partial charge in [0, 0.05) is 43.2 Å². The third kappa shape index (κ3) is 4.86. The number of benzene rings is 1. The highest BCUT2D eigenvalue weighted by atomic mass is 16.5. The SMILES string of the molecule is Cc1ncc(COCc2ccccc2)c(C2CCCN(C(=O)c3cncnc3)C2)n1. The molecular formula is C23H25N5O2. The minimum atomic E-state index is -0.0343. The highest BCUT2D eigenvalue weighted by Gasteiger charge is 2.28. The van der Waals surface area contributed by atoms with Crippen LogP contribution < -0.4 is 0 Å². The molecule has 0 bridgehead atoms. The van der Waals surface area contributed by atoms with Crippen LogP contribution in [0.1, 0.15) is 51.8 Å². The number of carbonyl (C=O) groups excluding carboxylic acids is 1. The van der Waals surface area contributed by atoms with Crippen LogP contribution in [0.25, 0.3) is 0 Å². The molecule has 7 heteroatoms. The lowest BCUT2D eigenvalue weighted by Gasteiger charge is -2.33. The van der Waals surface area contributed by atoms with Gasteiger partial charge in [-0.1, -0.05) is 30.3 Å². The first-order valence-corrected chi connectivity index (χ1v) is 10.2. The molecule has 0 aliphatic carbocycles. The van der Waals surface area contributed by atoms with Gasteiger partial charge in [-0.15, -0.1) is 0 Å². The summed E-state index contributed by atoms with van der Waals surface area (Å²) in [6.45, 7) is 4.23.